The maximum atomic E-state index is 13.9. The molecule has 27 heavy (non-hydrogen) atoms. The molecule has 1 N–H and O–H groups in total. The smallest absolute Gasteiger partial charge is 0.229 e. The number of Topliss-reactive ketones (excluding diaryl/α,β-unsaturated/α-hetero) is 1. The summed E-state index contributed by atoms with van der Waals surface area (Å²) in [6, 6.07) is 6.13. The normalized spacial score (nSPS) is 40.5. The first kappa shape index (κ1) is 16.3. The number of benzene rings is 1. The zero-order valence-electron chi connectivity index (χ0n) is 15.7. The second-order valence-electron chi connectivity index (χ2n) is 9.94. The Morgan fingerprint density at radius 1 is 0.963 bits per heavy atom. The molecule has 0 spiro atoms. The zero-order valence-corrected chi connectivity index (χ0v) is 15.7. The molecule has 1 aromatic carbocycles. The van der Waals surface area contributed by atoms with Crippen LogP contribution in [0.15, 0.2) is 18.2 Å². The average molecular weight is 365 g/mol. The molecule has 2 unspecified atom stereocenters. The first-order valence-corrected chi connectivity index (χ1v) is 10.7. The van der Waals surface area contributed by atoms with Gasteiger partial charge in [0.2, 0.25) is 5.91 Å². The van der Waals surface area contributed by atoms with Crippen molar-refractivity contribution >= 4 is 11.7 Å². The summed E-state index contributed by atoms with van der Waals surface area (Å²) < 4.78 is 0. The first-order valence-electron chi connectivity index (χ1n) is 10.7. The van der Waals surface area contributed by atoms with E-state index < -0.39 is 6.61 Å². The quantitative estimate of drug-likeness (QED) is 0.829. The van der Waals surface area contributed by atoms with Gasteiger partial charge in [0.15, 0.2) is 5.78 Å². The van der Waals surface area contributed by atoms with Gasteiger partial charge in [-0.15, -0.1) is 0 Å². The lowest BCUT2D eigenvalue weighted by atomic mass is 9.49. The summed E-state index contributed by atoms with van der Waals surface area (Å²) in [5, 5.41) is 9.19. The van der Waals surface area contributed by atoms with Gasteiger partial charge in [-0.05, 0) is 86.3 Å². The summed E-state index contributed by atoms with van der Waals surface area (Å²) in [5.74, 6) is 2.50. The lowest BCUT2D eigenvalue weighted by molar-refractivity contribution is -0.160. The second kappa shape index (κ2) is 5.44. The number of rotatable bonds is 3. The standard InChI is InChI=1S/C23H27NO3/c25-12-21(26)16-1-2-17-18(8-16)20-4-3-19(17)24(20)22(27)23-9-13-5-14(10-23)7-15(6-13)11-23/h1-2,8,13-15,19-20,25H,3-7,9-12H2. The van der Waals surface area contributed by atoms with E-state index in [2.05, 4.69) is 4.90 Å². The Kier molecular flexibility index (Phi) is 3.28. The molecule has 2 atom stereocenters. The lowest BCUT2D eigenvalue weighted by Crippen LogP contribution is -2.54. The van der Waals surface area contributed by atoms with Gasteiger partial charge in [0, 0.05) is 5.56 Å². The van der Waals surface area contributed by atoms with Crippen LogP contribution >= 0.6 is 0 Å². The van der Waals surface area contributed by atoms with Crippen molar-refractivity contribution in [2.24, 2.45) is 23.2 Å². The fraction of sp³-hybridized carbons (Fsp3) is 0.652. The van der Waals surface area contributed by atoms with Crippen LogP contribution in [0.25, 0.3) is 0 Å². The summed E-state index contributed by atoms with van der Waals surface area (Å²) in [6.07, 6.45) is 9.44. The number of aliphatic hydroxyl groups excluding tert-OH is 1. The van der Waals surface area contributed by atoms with Crippen LogP contribution < -0.4 is 0 Å². The summed E-state index contributed by atoms with van der Waals surface area (Å²) in [7, 11) is 0. The van der Waals surface area contributed by atoms with Gasteiger partial charge in [-0.25, -0.2) is 0 Å². The van der Waals surface area contributed by atoms with E-state index >= 15 is 0 Å². The zero-order chi connectivity index (χ0) is 18.3. The van der Waals surface area contributed by atoms with Crippen LogP contribution in [0.2, 0.25) is 0 Å². The summed E-state index contributed by atoms with van der Waals surface area (Å²) in [5.41, 5.74) is 2.87. The Balaban J connectivity index is 1.35. The van der Waals surface area contributed by atoms with E-state index in [1.165, 1.54) is 24.8 Å². The van der Waals surface area contributed by atoms with Gasteiger partial charge in [-0.3, -0.25) is 9.59 Å². The molecule has 1 saturated heterocycles. The van der Waals surface area contributed by atoms with Crippen LogP contribution in [-0.2, 0) is 4.79 Å². The maximum absolute atomic E-state index is 13.9. The lowest BCUT2D eigenvalue weighted by Gasteiger charge is -2.56. The Morgan fingerprint density at radius 3 is 2.15 bits per heavy atom. The fourth-order valence-corrected chi connectivity index (χ4v) is 7.78. The predicted molar refractivity (Wildman–Crippen MR) is 100 cm³/mol. The maximum Gasteiger partial charge on any atom is 0.229 e. The van der Waals surface area contributed by atoms with Crippen molar-refractivity contribution in [3.63, 3.8) is 0 Å². The molecule has 4 nitrogen and oxygen atoms in total. The van der Waals surface area contributed by atoms with E-state index in [9.17, 15) is 14.7 Å². The fourth-order valence-electron chi connectivity index (χ4n) is 7.78. The van der Waals surface area contributed by atoms with Gasteiger partial charge in [0.05, 0.1) is 17.5 Å². The van der Waals surface area contributed by atoms with E-state index in [4.69, 9.17) is 0 Å². The molecular weight excluding hydrogens is 338 g/mol. The second-order valence-corrected chi connectivity index (χ2v) is 9.94. The first-order chi connectivity index (χ1) is 13.1. The van der Waals surface area contributed by atoms with Crippen molar-refractivity contribution in [3.8, 4) is 0 Å². The highest BCUT2D eigenvalue weighted by Gasteiger charge is 2.59. The van der Waals surface area contributed by atoms with E-state index in [1.807, 2.05) is 18.2 Å². The van der Waals surface area contributed by atoms with Crippen LogP contribution in [0.4, 0.5) is 0 Å². The monoisotopic (exact) mass is 365 g/mol. The third-order valence-corrected chi connectivity index (χ3v) is 8.38. The number of fused-ring (bicyclic) bond motifs is 5. The molecule has 5 fully saturated rings. The highest BCUT2D eigenvalue weighted by atomic mass is 16.3. The van der Waals surface area contributed by atoms with Gasteiger partial charge in [-0.1, -0.05) is 12.1 Å². The number of ketones is 1. The van der Waals surface area contributed by atoms with Crippen molar-refractivity contribution in [1.82, 2.24) is 4.90 Å². The number of aliphatic hydroxyl groups is 1. The molecule has 4 saturated carbocycles. The highest BCUT2D eigenvalue weighted by molar-refractivity contribution is 5.97. The average Bonchev–Trinajstić information content (AvgIpc) is 3.22. The van der Waals surface area contributed by atoms with Gasteiger partial charge in [-0.2, -0.15) is 0 Å². The number of hydrogen-bond acceptors (Lipinski definition) is 3. The minimum Gasteiger partial charge on any atom is -0.388 e. The molecule has 1 aromatic rings. The number of carbonyl (C=O) groups excluding carboxylic acids is 2. The molecule has 4 aliphatic carbocycles. The number of amides is 1. The van der Waals surface area contributed by atoms with Crippen molar-refractivity contribution < 1.29 is 14.7 Å². The summed E-state index contributed by atoms with van der Waals surface area (Å²) in [4.78, 5) is 28.1. The van der Waals surface area contributed by atoms with Crippen LogP contribution in [0.3, 0.4) is 0 Å². The summed E-state index contributed by atoms with van der Waals surface area (Å²) >= 11 is 0. The number of carbonyl (C=O) groups is 2. The Labute approximate surface area is 159 Å². The molecule has 6 aliphatic rings. The molecule has 0 aromatic heterocycles. The molecule has 4 heteroatoms. The number of nitrogens with zero attached hydrogens (tertiary/aromatic N) is 1. The van der Waals surface area contributed by atoms with Crippen LogP contribution in [-0.4, -0.2) is 28.3 Å². The van der Waals surface area contributed by atoms with Gasteiger partial charge < -0.3 is 10.0 Å². The van der Waals surface area contributed by atoms with Gasteiger partial charge in [0.25, 0.3) is 0 Å². The number of hydrogen-bond donors (Lipinski definition) is 1. The highest BCUT2D eigenvalue weighted by Crippen LogP contribution is 2.63. The Morgan fingerprint density at radius 2 is 1.56 bits per heavy atom. The van der Waals surface area contributed by atoms with Crippen LogP contribution in [0.1, 0.15) is 84.9 Å². The van der Waals surface area contributed by atoms with Crippen LogP contribution in [0.5, 0.6) is 0 Å². The third kappa shape index (κ3) is 2.14. The minimum atomic E-state index is -0.456. The van der Waals surface area contributed by atoms with Gasteiger partial charge in [0.1, 0.15) is 6.61 Å². The Hall–Kier alpha value is -1.68. The topological polar surface area (TPSA) is 57.6 Å². The van der Waals surface area contributed by atoms with E-state index in [0.717, 1.165) is 55.4 Å². The SMILES string of the molecule is O=C(CO)c1ccc2c(c1)C1CCC2N1C(=O)C12CC3CC(CC(C3)C1)C2. The molecule has 6 bridgehead atoms. The van der Waals surface area contributed by atoms with Crippen molar-refractivity contribution in [2.75, 3.05) is 6.61 Å². The molecule has 2 aliphatic heterocycles. The molecular formula is C23H27NO3. The van der Waals surface area contributed by atoms with Crippen LogP contribution in [0, 0.1) is 23.2 Å². The van der Waals surface area contributed by atoms with E-state index in [1.54, 1.807) is 0 Å². The predicted octanol–water partition coefficient (Wildman–Crippen LogP) is 3.80. The minimum absolute atomic E-state index is 0.0959. The van der Waals surface area contributed by atoms with Crippen molar-refractivity contribution in [3.05, 3.63) is 34.9 Å². The summed E-state index contributed by atoms with van der Waals surface area (Å²) in [6.45, 7) is -0.456. The molecule has 142 valence electrons. The van der Waals surface area contributed by atoms with Crippen molar-refractivity contribution in [2.45, 2.75) is 63.5 Å². The van der Waals surface area contributed by atoms with Gasteiger partial charge >= 0.3 is 0 Å². The van der Waals surface area contributed by atoms with Crippen molar-refractivity contribution in [1.29, 1.82) is 0 Å². The van der Waals surface area contributed by atoms with E-state index in [-0.39, 0.29) is 23.3 Å². The van der Waals surface area contributed by atoms with E-state index in [0.29, 0.717) is 11.5 Å². The molecule has 7 rings (SSSR count). The molecule has 0 radical (unpaired) electrons. The molecule has 1 amide bonds. The largest absolute Gasteiger partial charge is 0.388 e. The molecule has 2 heterocycles. The third-order valence-electron chi connectivity index (χ3n) is 8.38. The Bertz CT molecular complexity index is 809.